The number of pyridine rings is 1. The van der Waals surface area contributed by atoms with E-state index in [2.05, 4.69) is 10.3 Å². The number of amides is 3. The number of carbonyl (C=O) groups is 2. The van der Waals surface area contributed by atoms with E-state index in [0.717, 1.165) is 4.90 Å². The van der Waals surface area contributed by atoms with Crippen molar-refractivity contribution in [3.05, 3.63) is 48.0 Å². The number of aromatic nitrogens is 1. The van der Waals surface area contributed by atoms with Crippen LogP contribution in [0.5, 0.6) is 0 Å². The van der Waals surface area contributed by atoms with Crippen LogP contribution < -0.4 is 11.1 Å². The van der Waals surface area contributed by atoms with Crippen LogP contribution in [0.4, 0.5) is 10.6 Å². The first-order valence-corrected chi connectivity index (χ1v) is 6.40. The highest BCUT2D eigenvalue weighted by atomic mass is 16.3. The number of nitrogen functional groups attached to an aromatic ring is 1. The molecule has 1 aliphatic heterocycles. The maximum Gasteiger partial charge on any atom is 0.325 e. The molecular weight excluding hydrogens is 272 g/mol. The Bertz CT molecular complexity index is 698. The van der Waals surface area contributed by atoms with Crippen LogP contribution in [0.3, 0.4) is 0 Å². The summed E-state index contributed by atoms with van der Waals surface area (Å²) in [5.74, 6) is 0.304. The van der Waals surface area contributed by atoms with Crippen molar-refractivity contribution in [2.75, 3.05) is 5.73 Å². The summed E-state index contributed by atoms with van der Waals surface area (Å²) in [6.45, 7) is 1.68. The van der Waals surface area contributed by atoms with Gasteiger partial charge in [-0.2, -0.15) is 0 Å². The lowest BCUT2D eigenvalue weighted by Crippen LogP contribution is -2.40. The van der Waals surface area contributed by atoms with Crippen molar-refractivity contribution in [3.8, 4) is 0 Å². The molecule has 0 aromatic carbocycles. The molecule has 0 aliphatic carbocycles. The lowest BCUT2D eigenvalue weighted by molar-refractivity contribution is -0.132. The van der Waals surface area contributed by atoms with E-state index in [1.807, 2.05) is 0 Å². The van der Waals surface area contributed by atoms with Crippen LogP contribution in [0.25, 0.3) is 0 Å². The Morgan fingerprint density at radius 3 is 2.86 bits per heavy atom. The van der Waals surface area contributed by atoms with E-state index < -0.39 is 11.6 Å². The molecule has 0 spiro atoms. The number of hydrogen-bond donors (Lipinski definition) is 2. The molecule has 2 aromatic rings. The number of nitrogens with zero attached hydrogens (tertiary/aromatic N) is 2. The van der Waals surface area contributed by atoms with Gasteiger partial charge in [0.2, 0.25) is 0 Å². The average Bonchev–Trinajstić information content (AvgIpc) is 3.06. The van der Waals surface area contributed by atoms with Crippen molar-refractivity contribution < 1.29 is 14.0 Å². The van der Waals surface area contributed by atoms with Gasteiger partial charge in [0.1, 0.15) is 11.6 Å². The smallest absolute Gasteiger partial charge is 0.325 e. The third-order valence-corrected chi connectivity index (χ3v) is 3.54. The Balaban J connectivity index is 1.90. The quantitative estimate of drug-likeness (QED) is 0.826. The molecule has 3 amide bonds. The van der Waals surface area contributed by atoms with Gasteiger partial charge in [-0.05, 0) is 25.1 Å². The highest BCUT2D eigenvalue weighted by Gasteiger charge is 2.50. The summed E-state index contributed by atoms with van der Waals surface area (Å²) in [5, 5.41) is 2.65. The fourth-order valence-electron chi connectivity index (χ4n) is 2.33. The van der Waals surface area contributed by atoms with Crippen LogP contribution in [0.2, 0.25) is 0 Å². The highest BCUT2D eigenvalue weighted by molar-refractivity contribution is 6.06. The van der Waals surface area contributed by atoms with Crippen LogP contribution in [-0.4, -0.2) is 21.8 Å². The Morgan fingerprint density at radius 1 is 1.38 bits per heavy atom. The van der Waals surface area contributed by atoms with Crippen LogP contribution in [-0.2, 0) is 16.9 Å². The van der Waals surface area contributed by atoms with Gasteiger partial charge in [-0.3, -0.25) is 9.69 Å². The molecule has 1 fully saturated rings. The number of imide groups is 1. The second-order valence-electron chi connectivity index (χ2n) is 4.97. The minimum Gasteiger partial charge on any atom is -0.466 e. The molecule has 108 valence electrons. The number of furan rings is 1. The molecular formula is C14H14N4O3. The van der Waals surface area contributed by atoms with Gasteiger partial charge in [-0.25, -0.2) is 9.78 Å². The second-order valence-corrected chi connectivity index (χ2v) is 4.97. The first-order valence-electron chi connectivity index (χ1n) is 6.40. The van der Waals surface area contributed by atoms with Crippen molar-refractivity contribution in [2.24, 2.45) is 0 Å². The minimum atomic E-state index is -1.20. The average molecular weight is 286 g/mol. The normalized spacial score (nSPS) is 21.7. The van der Waals surface area contributed by atoms with E-state index in [1.165, 1.54) is 6.26 Å². The van der Waals surface area contributed by atoms with Gasteiger partial charge in [0.15, 0.2) is 5.54 Å². The van der Waals surface area contributed by atoms with E-state index in [1.54, 1.807) is 37.4 Å². The molecule has 3 N–H and O–H groups in total. The van der Waals surface area contributed by atoms with Crippen LogP contribution in [0.1, 0.15) is 18.2 Å². The van der Waals surface area contributed by atoms with Gasteiger partial charge in [-0.1, -0.05) is 6.07 Å². The van der Waals surface area contributed by atoms with Crippen LogP contribution in [0, 0.1) is 0 Å². The zero-order chi connectivity index (χ0) is 15.0. The van der Waals surface area contributed by atoms with Gasteiger partial charge < -0.3 is 15.5 Å². The maximum absolute atomic E-state index is 12.6. The van der Waals surface area contributed by atoms with Crippen LogP contribution in [0.15, 0.2) is 41.1 Å². The SMILES string of the molecule is CC1(c2ccco2)NC(=O)N(Cc2cccnc2N)C1=O. The zero-order valence-electron chi connectivity index (χ0n) is 11.4. The Hall–Kier alpha value is -2.83. The van der Waals surface area contributed by atoms with E-state index in [0.29, 0.717) is 17.1 Å². The van der Waals surface area contributed by atoms with E-state index in [4.69, 9.17) is 10.2 Å². The molecule has 21 heavy (non-hydrogen) atoms. The number of nitrogens with two attached hydrogens (primary N) is 1. The van der Waals surface area contributed by atoms with Crippen molar-refractivity contribution in [2.45, 2.75) is 19.0 Å². The minimum absolute atomic E-state index is 0.0701. The van der Waals surface area contributed by atoms with Gasteiger partial charge in [0.05, 0.1) is 12.8 Å². The fraction of sp³-hybridized carbons (Fsp3) is 0.214. The largest absolute Gasteiger partial charge is 0.466 e. The number of hydrogen-bond acceptors (Lipinski definition) is 5. The first kappa shape index (κ1) is 13.2. The molecule has 1 aliphatic rings. The molecule has 0 bridgehead atoms. The predicted octanol–water partition coefficient (Wildman–Crippen LogP) is 1.22. The number of rotatable bonds is 3. The van der Waals surface area contributed by atoms with E-state index in [9.17, 15) is 9.59 Å². The first-order chi connectivity index (χ1) is 10.0. The Labute approximate surface area is 120 Å². The molecule has 2 aromatic heterocycles. The molecule has 3 rings (SSSR count). The van der Waals surface area contributed by atoms with Crippen molar-refractivity contribution in [1.82, 2.24) is 15.2 Å². The number of carbonyl (C=O) groups excluding carboxylic acids is 2. The van der Waals surface area contributed by atoms with Crippen molar-refractivity contribution >= 4 is 17.8 Å². The summed E-state index contributed by atoms with van der Waals surface area (Å²) >= 11 is 0. The summed E-state index contributed by atoms with van der Waals surface area (Å²) in [7, 11) is 0. The van der Waals surface area contributed by atoms with Gasteiger partial charge >= 0.3 is 6.03 Å². The topological polar surface area (TPSA) is 101 Å². The van der Waals surface area contributed by atoms with Crippen molar-refractivity contribution in [1.29, 1.82) is 0 Å². The molecule has 1 unspecified atom stereocenters. The van der Waals surface area contributed by atoms with E-state index >= 15 is 0 Å². The summed E-state index contributed by atoms with van der Waals surface area (Å²) in [6.07, 6.45) is 3.01. The Morgan fingerprint density at radius 2 is 2.19 bits per heavy atom. The third-order valence-electron chi connectivity index (χ3n) is 3.54. The maximum atomic E-state index is 12.6. The molecule has 1 saturated heterocycles. The number of nitrogens with one attached hydrogen (secondary N) is 1. The number of anilines is 1. The molecule has 3 heterocycles. The lowest BCUT2D eigenvalue weighted by atomic mass is 9.99. The second kappa shape index (κ2) is 4.62. The standard InChI is InChI=1S/C14H14N4O3/c1-14(10-5-3-7-21-10)12(19)18(13(20)17-14)8-9-4-2-6-16-11(9)15/h2-7H,8H2,1H3,(H2,15,16)(H,17,20). The summed E-state index contributed by atoms with van der Waals surface area (Å²) in [6, 6.07) is 6.27. The zero-order valence-corrected chi connectivity index (χ0v) is 11.4. The molecule has 0 saturated carbocycles. The highest BCUT2D eigenvalue weighted by Crippen LogP contribution is 2.30. The molecule has 1 atom stereocenters. The summed E-state index contributed by atoms with van der Waals surface area (Å²) < 4.78 is 5.26. The lowest BCUT2D eigenvalue weighted by Gasteiger charge is -2.19. The van der Waals surface area contributed by atoms with E-state index in [-0.39, 0.29) is 12.5 Å². The summed E-state index contributed by atoms with van der Waals surface area (Å²) in [4.78, 5) is 29.7. The van der Waals surface area contributed by atoms with Gasteiger partial charge in [0, 0.05) is 11.8 Å². The molecule has 7 heteroatoms. The van der Waals surface area contributed by atoms with Crippen molar-refractivity contribution in [3.63, 3.8) is 0 Å². The Kier molecular flexibility index (Phi) is 2.90. The van der Waals surface area contributed by atoms with Gasteiger partial charge in [-0.15, -0.1) is 0 Å². The third kappa shape index (κ3) is 2.03. The number of urea groups is 1. The van der Waals surface area contributed by atoms with Crippen LogP contribution >= 0.6 is 0 Å². The fourth-order valence-corrected chi connectivity index (χ4v) is 2.33. The molecule has 0 radical (unpaired) electrons. The predicted molar refractivity (Wildman–Crippen MR) is 73.8 cm³/mol. The van der Waals surface area contributed by atoms with Gasteiger partial charge in [0.25, 0.3) is 5.91 Å². The summed E-state index contributed by atoms with van der Waals surface area (Å²) in [5.41, 5.74) is 5.17. The molecule has 7 nitrogen and oxygen atoms in total. The monoisotopic (exact) mass is 286 g/mol.